The van der Waals surface area contributed by atoms with E-state index in [4.69, 9.17) is 0 Å². The molecule has 1 aliphatic heterocycles. The van der Waals surface area contributed by atoms with Gasteiger partial charge in [0, 0.05) is 49.4 Å². The molecule has 7 heteroatoms. The maximum atomic E-state index is 10.8. The van der Waals surface area contributed by atoms with Gasteiger partial charge in [0.2, 0.25) is 0 Å². The number of nitro benzene ring substituents is 1. The number of non-ortho nitro benzene ring substituents is 1. The number of aliphatic hydroxyl groups is 1. The van der Waals surface area contributed by atoms with Gasteiger partial charge in [-0.1, -0.05) is 12.1 Å². The standard InChI is InChI=1S/C14H16N4O3/c19-14(10-2-1-3-12(6-10)18(20)21)9-17-5-4-13-11(8-17)7-15-16-13/h1-3,6-7,14,19H,4-5,8-9H2,(H,15,16). The molecule has 7 nitrogen and oxygen atoms in total. The summed E-state index contributed by atoms with van der Waals surface area (Å²) in [7, 11) is 0. The maximum Gasteiger partial charge on any atom is 0.269 e. The minimum absolute atomic E-state index is 0.00214. The molecule has 0 radical (unpaired) electrons. The van der Waals surface area contributed by atoms with E-state index in [1.807, 2.05) is 0 Å². The van der Waals surface area contributed by atoms with Gasteiger partial charge in [0.05, 0.1) is 17.2 Å². The van der Waals surface area contributed by atoms with Crippen LogP contribution in [0, 0.1) is 10.1 Å². The van der Waals surface area contributed by atoms with Crippen molar-refractivity contribution in [2.75, 3.05) is 13.1 Å². The van der Waals surface area contributed by atoms with Crippen molar-refractivity contribution < 1.29 is 10.0 Å². The highest BCUT2D eigenvalue weighted by molar-refractivity contribution is 5.35. The van der Waals surface area contributed by atoms with Crippen LogP contribution in [0.2, 0.25) is 0 Å². The number of β-amino-alcohol motifs (C(OH)–C–C–N with tert-alkyl or cyclic N) is 1. The number of hydrogen-bond acceptors (Lipinski definition) is 5. The van der Waals surface area contributed by atoms with E-state index in [-0.39, 0.29) is 5.69 Å². The summed E-state index contributed by atoms with van der Waals surface area (Å²) < 4.78 is 0. The van der Waals surface area contributed by atoms with Gasteiger partial charge < -0.3 is 5.11 Å². The van der Waals surface area contributed by atoms with Crippen LogP contribution in [-0.2, 0) is 13.0 Å². The number of nitrogens with one attached hydrogen (secondary N) is 1. The fraction of sp³-hybridized carbons (Fsp3) is 0.357. The van der Waals surface area contributed by atoms with Crippen LogP contribution >= 0.6 is 0 Å². The third-order valence-electron chi connectivity index (χ3n) is 3.78. The summed E-state index contributed by atoms with van der Waals surface area (Å²) in [5.74, 6) is 0. The number of H-pyrrole nitrogens is 1. The van der Waals surface area contributed by atoms with Crippen molar-refractivity contribution in [3.8, 4) is 0 Å². The number of aromatic amines is 1. The van der Waals surface area contributed by atoms with Crippen molar-refractivity contribution in [1.29, 1.82) is 0 Å². The molecule has 1 unspecified atom stereocenters. The monoisotopic (exact) mass is 288 g/mol. The average molecular weight is 288 g/mol. The Bertz CT molecular complexity index is 655. The predicted octanol–water partition coefficient (Wildman–Crippen LogP) is 1.41. The maximum absolute atomic E-state index is 10.8. The normalized spacial score (nSPS) is 16.4. The van der Waals surface area contributed by atoms with Crippen molar-refractivity contribution >= 4 is 5.69 Å². The van der Waals surface area contributed by atoms with Crippen LogP contribution in [0.1, 0.15) is 22.9 Å². The van der Waals surface area contributed by atoms with Gasteiger partial charge in [-0.15, -0.1) is 0 Å². The lowest BCUT2D eigenvalue weighted by Crippen LogP contribution is -2.33. The summed E-state index contributed by atoms with van der Waals surface area (Å²) in [6.07, 6.45) is 1.94. The van der Waals surface area contributed by atoms with Gasteiger partial charge in [0.1, 0.15) is 0 Å². The molecule has 0 aliphatic carbocycles. The van der Waals surface area contributed by atoms with Crippen LogP contribution in [0.5, 0.6) is 0 Å². The topological polar surface area (TPSA) is 95.3 Å². The van der Waals surface area contributed by atoms with Crippen molar-refractivity contribution in [3.63, 3.8) is 0 Å². The Morgan fingerprint density at radius 2 is 2.38 bits per heavy atom. The van der Waals surface area contributed by atoms with E-state index < -0.39 is 11.0 Å². The molecule has 2 N–H and O–H groups in total. The molecule has 1 aliphatic rings. The number of hydrogen-bond donors (Lipinski definition) is 2. The van der Waals surface area contributed by atoms with E-state index in [1.54, 1.807) is 18.3 Å². The van der Waals surface area contributed by atoms with E-state index in [2.05, 4.69) is 15.1 Å². The number of rotatable bonds is 4. The molecular weight excluding hydrogens is 272 g/mol. The third kappa shape index (κ3) is 2.93. The summed E-state index contributed by atoms with van der Waals surface area (Å²) in [6.45, 7) is 2.02. The van der Waals surface area contributed by atoms with Crippen LogP contribution < -0.4 is 0 Å². The Kier molecular flexibility index (Phi) is 3.68. The lowest BCUT2D eigenvalue weighted by molar-refractivity contribution is -0.385. The Morgan fingerprint density at radius 1 is 1.52 bits per heavy atom. The van der Waals surface area contributed by atoms with Gasteiger partial charge in [0.25, 0.3) is 5.69 Å². The first kappa shape index (κ1) is 13.7. The first-order valence-corrected chi connectivity index (χ1v) is 6.79. The first-order chi connectivity index (χ1) is 10.1. The third-order valence-corrected chi connectivity index (χ3v) is 3.78. The minimum Gasteiger partial charge on any atom is -0.387 e. The van der Waals surface area contributed by atoms with Crippen molar-refractivity contribution in [2.45, 2.75) is 19.1 Å². The number of nitrogens with zero attached hydrogens (tertiary/aromatic N) is 3. The second-order valence-electron chi connectivity index (χ2n) is 5.23. The van der Waals surface area contributed by atoms with Crippen LogP contribution in [0.25, 0.3) is 0 Å². The Labute approximate surface area is 121 Å². The smallest absolute Gasteiger partial charge is 0.269 e. The van der Waals surface area contributed by atoms with E-state index >= 15 is 0 Å². The minimum atomic E-state index is -0.738. The van der Waals surface area contributed by atoms with Crippen molar-refractivity contribution in [2.24, 2.45) is 0 Å². The summed E-state index contributed by atoms with van der Waals surface area (Å²) in [6, 6.07) is 6.17. The molecule has 1 atom stereocenters. The number of aliphatic hydroxyl groups excluding tert-OH is 1. The van der Waals surface area contributed by atoms with Crippen molar-refractivity contribution in [1.82, 2.24) is 15.1 Å². The van der Waals surface area contributed by atoms with Gasteiger partial charge in [-0.3, -0.25) is 20.1 Å². The highest BCUT2D eigenvalue weighted by atomic mass is 16.6. The fourth-order valence-electron chi connectivity index (χ4n) is 2.63. The largest absolute Gasteiger partial charge is 0.387 e. The summed E-state index contributed by atoms with van der Waals surface area (Å²) >= 11 is 0. The van der Waals surface area contributed by atoms with Gasteiger partial charge >= 0.3 is 0 Å². The van der Waals surface area contributed by atoms with E-state index in [1.165, 1.54) is 12.1 Å². The van der Waals surface area contributed by atoms with Crippen molar-refractivity contribution in [3.05, 3.63) is 57.4 Å². The second-order valence-corrected chi connectivity index (χ2v) is 5.23. The zero-order chi connectivity index (χ0) is 14.8. The molecule has 2 heterocycles. The fourth-order valence-corrected chi connectivity index (χ4v) is 2.63. The molecule has 2 aromatic rings. The molecule has 21 heavy (non-hydrogen) atoms. The SMILES string of the molecule is O=[N+]([O-])c1cccc(C(O)CN2CCc3[nH]ncc3C2)c1. The van der Waals surface area contributed by atoms with E-state index in [0.717, 1.165) is 30.8 Å². The van der Waals surface area contributed by atoms with Crippen LogP contribution in [0.15, 0.2) is 30.5 Å². The number of aromatic nitrogens is 2. The highest BCUT2D eigenvalue weighted by Gasteiger charge is 2.21. The molecule has 1 aromatic carbocycles. The van der Waals surface area contributed by atoms with Gasteiger partial charge in [0.15, 0.2) is 0 Å². The van der Waals surface area contributed by atoms with Crippen LogP contribution in [0.4, 0.5) is 5.69 Å². The molecular formula is C14H16N4O3. The molecule has 1 aromatic heterocycles. The molecule has 3 rings (SSSR count). The highest BCUT2D eigenvalue weighted by Crippen LogP contribution is 2.22. The van der Waals surface area contributed by atoms with E-state index in [9.17, 15) is 15.2 Å². The Balaban J connectivity index is 1.68. The Hall–Kier alpha value is -2.25. The van der Waals surface area contributed by atoms with Crippen LogP contribution in [-0.4, -0.2) is 38.2 Å². The quantitative estimate of drug-likeness (QED) is 0.655. The molecule has 0 bridgehead atoms. The second kappa shape index (κ2) is 5.63. The predicted molar refractivity (Wildman–Crippen MR) is 75.6 cm³/mol. The van der Waals surface area contributed by atoms with Gasteiger partial charge in [-0.25, -0.2) is 0 Å². The molecule has 0 saturated heterocycles. The lowest BCUT2D eigenvalue weighted by Gasteiger charge is -2.28. The zero-order valence-corrected chi connectivity index (χ0v) is 11.4. The lowest BCUT2D eigenvalue weighted by atomic mass is 10.1. The molecule has 0 saturated carbocycles. The average Bonchev–Trinajstić information content (AvgIpc) is 2.95. The number of benzene rings is 1. The van der Waals surface area contributed by atoms with Gasteiger partial charge in [-0.2, -0.15) is 5.10 Å². The molecule has 0 amide bonds. The van der Waals surface area contributed by atoms with Gasteiger partial charge in [-0.05, 0) is 5.56 Å². The summed E-state index contributed by atoms with van der Waals surface area (Å²) in [5, 5.41) is 28.1. The van der Waals surface area contributed by atoms with E-state index in [0.29, 0.717) is 12.1 Å². The molecule has 110 valence electrons. The zero-order valence-electron chi connectivity index (χ0n) is 11.4. The summed E-state index contributed by atoms with van der Waals surface area (Å²) in [4.78, 5) is 12.5. The summed E-state index contributed by atoms with van der Waals surface area (Å²) in [5.41, 5.74) is 2.87. The first-order valence-electron chi connectivity index (χ1n) is 6.79. The molecule has 0 spiro atoms. The Morgan fingerprint density at radius 3 is 3.19 bits per heavy atom. The number of fused-ring (bicyclic) bond motifs is 1. The number of nitro groups is 1. The molecule has 0 fully saturated rings. The van der Waals surface area contributed by atoms with Crippen LogP contribution in [0.3, 0.4) is 0 Å².